The molecule has 0 spiro atoms. The fourth-order valence-electron chi connectivity index (χ4n) is 2.61. The van der Waals surface area contributed by atoms with Gasteiger partial charge >= 0.3 is 0 Å². The van der Waals surface area contributed by atoms with Gasteiger partial charge in [-0.05, 0) is 36.5 Å². The molecule has 0 saturated heterocycles. The zero-order valence-electron chi connectivity index (χ0n) is 12.4. The van der Waals surface area contributed by atoms with Crippen molar-refractivity contribution in [2.45, 2.75) is 38.6 Å². The first-order chi connectivity index (χ1) is 9.56. The second-order valence-corrected chi connectivity index (χ2v) is 6.16. The number of nitrogens with one attached hydrogen (secondary N) is 1. The first-order valence-electron chi connectivity index (χ1n) is 7.42. The second kappa shape index (κ2) is 5.06. The van der Waals surface area contributed by atoms with Gasteiger partial charge in [-0.3, -0.25) is 4.79 Å². The van der Waals surface area contributed by atoms with E-state index in [1.165, 1.54) is 18.4 Å². The average molecular weight is 270 g/mol. The van der Waals surface area contributed by atoms with Crippen molar-refractivity contribution >= 4 is 16.7 Å². The molecular weight excluding hydrogens is 248 g/mol. The molecule has 0 unspecified atom stereocenters. The molecule has 2 aromatic rings. The molecule has 1 aromatic heterocycles. The highest BCUT2D eigenvalue weighted by Crippen LogP contribution is 2.26. The van der Waals surface area contributed by atoms with Gasteiger partial charge < -0.3 is 9.88 Å². The highest BCUT2D eigenvalue weighted by molar-refractivity contribution is 6.09. The topological polar surface area (TPSA) is 34.0 Å². The number of carbonyl (C=O) groups excluding carboxylic acids is 1. The van der Waals surface area contributed by atoms with Gasteiger partial charge in [0.05, 0.1) is 6.54 Å². The van der Waals surface area contributed by atoms with E-state index in [1.54, 1.807) is 0 Å². The van der Waals surface area contributed by atoms with E-state index in [0.717, 1.165) is 16.5 Å². The molecule has 3 nitrogen and oxygen atoms in total. The van der Waals surface area contributed by atoms with Gasteiger partial charge in [-0.25, -0.2) is 0 Å². The molecule has 0 atom stereocenters. The van der Waals surface area contributed by atoms with Crippen LogP contribution in [0.2, 0.25) is 0 Å². The van der Waals surface area contributed by atoms with Crippen LogP contribution >= 0.6 is 0 Å². The number of fused-ring (bicyclic) bond motifs is 1. The second-order valence-electron chi connectivity index (χ2n) is 6.16. The molecule has 0 amide bonds. The normalized spacial score (nSPS) is 15.2. The van der Waals surface area contributed by atoms with Gasteiger partial charge in [0.25, 0.3) is 0 Å². The van der Waals surface area contributed by atoms with E-state index in [2.05, 4.69) is 37.4 Å². The first-order valence-corrected chi connectivity index (χ1v) is 7.42. The molecule has 1 fully saturated rings. The number of carbonyl (C=O) groups is 1. The minimum absolute atomic E-state index is 0.198. The molecule has 1 aliphatic rings. The average Bonchev–Trinajstić information content (AvgIpc) is 3.20. The smallest absolute Gasteiger partial charge is 0.178 e. The number of benzene rings is 1. The summed E-state index contributed by atoms with van der Waals surface area (Å²) in [4.78, 5) is 12.4. The van der Waals surface area contributed by atoms with Crippen molar-refractivity contribution in [2.24, 2.45) is 7.05 Å². The van der Waals surface area contributed by atoms with Crippen molar-refractivity contribution < 1.29 is 4.79 Å². The number of ketones is 1. The molecule has 3 heteroatoms. The van der Waals surface area contributed by atoms with Crippen LogP contribution in [0.5, 0.6) is 0 Å². The Bertz CT molecular complexity index is 650. The lowest BCUT2D eigenvalue weighted by molar-refractivity contribution is 0.0992. The third-order valence-corrected chi connectivity index (χ3v) is 4.11. The molecule has 1 saturated carbocycles. The molecule has 0 radical (unpaired) electrons. The quantitative estimate of drug-likeness (QED) is 0.846. The maximum Gasteiger partial charge on any atom is 0.178 e. The standard InChI is InChI=1S/C17H22N2O/c1-11(2)12-4-7-16-14(8-12)15(10-19(16)3)17(20)9-18-13-5-6-13/h4,7-8,10-11,13,18H,5-6,9H2,1-3H3. The number of aryl methyl sites for hydroxylation is 1. The molecule has 1 N–H and O–H groups in total. The van der Waals surface area contributed by atoms with Crippen LogP contribution < -0.4 is 5.32 Å². The van der Waals surface area contributed by atoms with E-state index >= 15 is 0 Å². The molecule has 20 heavy (non-hydrogen) atoms. The van der Waals surface area contributed by atoms with E-state index in [1.807, 2.05) is 17.8 Å². The van der Waals surface area contributed by atoms with Gasteiger partial charge in [0, 0.05) is 35.8 Å². The van der Waals surface area contributed by atoms with Gasteiger partial charge in [0.1, 0.15) is 0 Å². The molecular formula is C17H22N2O. The highest BCUT2D eigenvalue weighted by atomic mass is 16.1. The van der Waals surface area contributed by atoms with E-state index in [0.29, 0.717) is 18.5 Å². The summed E-state index contributed by atoms with van der Waals surface area (Å²) in [5, 5.41) is 4.39. The van der Waals surface area contributed by atoms with Gasteiger partial charge in [-0.1, -0.05) is 19.9 Å². The van der Waals surface area contributed by atoms with E-state index in [4.69, 9.17) is 0 Å². The third-order valence-electron chi connectivity index (χ3n) is 4.11. The van der Waals surface area contributed by atoms with Crippen molar-refractivity contribution in [3.05, 3.63) is 35.5 Å². The highest BCUT2D eigenvalue weighted by Gasteiger charge is 2.22. The summed E-state index contributed by atoms with van der Waals surface area (Å²) in [7, 11) is 2.00. The van der Waals surface area contributed by atoms with Crippen LogP contribution in [-0.4, -0.2) is 22.9 Å². The molecule has 106 valence electrons. The molecule has 1 aliphatic carbocycles. The van der Waals surface area contributed by atoms with E-state index < -0.39 is 0 Å². The molecule has 1 aromatic carbocycles. The van der Waals surface area contributed by atoms with Crippen LogP contribution in [-0.2, 0) is 7.05 Å². The SMILES string of the molecule is CC(C)c1ccc2c(c1)c(C(=O)CNC1CC1)cn2C. The zero-order valence-corrected chi connectivity index (χ0v) is 12.4. The van der Waals surface area contributed by atoms with Crippen molar-refractivity contribution in [2.75, 3.05) is 6.54 Å². The van der Waals surface area contributed by atoms with Crippen molar-refractivity contribution in [1.29, 1.82) is 0 Å². The lowest BCUT2D eigenvalue weighted by Crippen LogP contribution is -2.24. The fourth-order valence-corrected chi connectivity index (χ4v) is 2.61. The van der Waals surface area contributed by atoms with Crippen LogP contribution in [0, 0.1) is 0 Å². The first kappa shape index (κ1) is 13.4. The minimum atomic E-state index is 0.198. The van der Waals surface area contributed by atoms with Gasteiger partial charge in [0.2, 0.25) is 0 Å². The minimum Gasteiger partial charge on any atom is -0.350 e. The summed E-state index contributed by atoms with van der Waals surface area (Å²) in [5.41, 5.74) is 3.26. The summed E-state index contributed by atoms with van der Waals surface area (Å²) >= 11 is 0. The number of aromatic nitrogens is 1. The van der Waals surface area contributed by atoms with Crippen LogP contribution in [0.1, 0.15) is 48.5 Å². The lowest BCUT2D eigenvalue weighted by Gasteiger charge is -2.06. The maximum absolute atomic E-state index is 12.4. The van der Waals surface area contributed by atoms with Crippen molar-refractivity contribution in [1.82, 2.24) is 9.88 Å². The summed E-state index contributed by atoms with van der Waals surface area (Å²) in [6.07, 6.45) is 4.38. The van der Waals surface area contributed by atoms with E-state index in [9.17, 15) is 4.79 Å². The Morgan fingerprint density at radius 2 is 2.15 bits per heavy atom. The molecule has 3 rings (SSSR count). The van der Waals surface area contributed by atoms with Gasteiger partial charge in [-0.2, -0.15) is 0 Å². The molecule has 0 aliphatic heterocycles. The Kier molecular flexibility index (Phi) is 3.38. The monoisotopic (exact) mass is 270 g/mol. The number of hydrogen-bond acceptors (Lipinski definition) is 2. The lowest BCUT2D eigenvalue weighted by atomic mass is 9.99. The molecule has 1 heterocycles. The summed E-state index contributed by atoms with van der Waals surface area (Å²) in [6, 6.07) is 7.02. The zero-order chi connectivity index (χ0) is 14.3. The van der Waals surface area contributed by atoms with E-state index in [-0.39, 0.29) is 5.78 Å². The fraction of sp³-hybridized carbons (Fsp3) is 0.471. The number of nitrogens with zero attached hydrogens (tertiary/aromatic N) is 1. The number of rotatable bonds is 5. The summed E-state index contributed by atoms with van der Waals surface area (Å²) < 4.78 is 2.05. The summed E-state index contributed by atoms with van der Waals surface area (Å²) in [5.74, 6) is 0.676. The largest absolute Gasteiger partial charge is 0.350 e. The Labute approximate surface area is 120 Å². The van der Waals surface area contributed by atoms with Gasteiger partial charge in [0.15, 0.2) is 5.78 Å². The van der Waals surface area contributed by atoms with Crippen LogP contribution in [0.4, 0.5) is 0 Å². The number of hydrogen-bond donors (Lipinski definition) is 1. The van der Waals surface area contributed by atoms with Crippen LogP contribution in [0.15, 0.2) is 24.4 Å². The Hall–Kier alpha value is -1.61. The van der Waals surface area contributed by atoms with Crippen LogP contribution in [0.3, 0.4) is 0 Å². The maximum atomic E-state index is 12.4. The Balaban J connectivity index is 1.95. The predicted molar refractivity (Wildman–Crippen MR) is 82.4 cm³/mol. The van der Waals surface area contributed by atoms with Crippen molar-refractivity contribution in [3.63, 3.8) is 0 Å². The van der Waals surface area contributed by atoms with Gasteiger partial charge in [-0.15, -0.1) is 0 Å². The Morgan fingerprint density at radius 3 is 2.80 bits per heavy atom. The van der Waals surface area contributed by atoms with Crippen LogP contribution in [0.25, 0.3) is 10.9 Å². The third kappa shape index (κ3) is 2.50. The van der Waals surface area contributed by atoms with Crippen molar-refractivity contribution in [3.8, 4) is 0 Å². The summed E-state index contributed by atoms with van der Waals surface area (Å²) in [6.45, 7) is 4.82. The Morgan fingerprint density at radius 1 is 1.40 bits per heavy atom. The molecule has 0 bridgehead atoms. The number of Topliss-reactive ketones (excluding diaryl/α,β-unsaturated/α-hetero) is 1. The predicted octanol–water partition coefficient (Wildman–Crippen LogP) is 3.24.